The molecular weight excluding hydrogens is 394 g/mol. The molecular formula is C20H25N3O5S. The minimum Gasteiger partial charge on any atom is -0.497 e. The molecule has 1 amide bonds. The topological polar surface area (TPSA) is 97.3 Å². The number of para-hydroxylation sites is 2. The lowest BCUT2D eigenvalue weighted by atomic mass is 10.1. The van der Waals surface area contributed by atoms with Gasteiger partial charge >= 0.3 is 0 Å². The monoisotopic (exact) mass is 419 g/mol. The van der Waals surface area contributed by atoms with Crippen LogP contribution in [0.3, 0.4) is 0 Å². The van der Waals surface area contributed by atoms with Crippen molar-refractivity contribution in [2.75, 3.05) is 30.8 Å². The van der Waals surface area contributed by atoms with Gasteiger partial charge in [-0.3, -0.25) is 9.10 Å². The number of nitrogens with zero attached hydrogens (tertiary/aromatic N) is 2. The van der Waals surface area contributed by atoms with E-state index in [1.807, 2.05) is 12.1 Å². The largest absolute Gasteiger partial charge is 0.497 e. The van der Waals surface area contributed by atoms with E-state index in [9.17, 15) is 13.2 Å². The highest BCUT2D eigenvalue weighted by molar-refractivity contribution is 7.92. The van der Waals surface area contributed by atoms with Crippen molar-refractivity contribution < 1.29 is 22.7 Å². The van der Waals surface area contributed by atoms with Crippen LogP contribution in [0.2, 0.25) is 0 Å². The van der Waals surface area contributed by atoms with Crippen LogP contribution in [0.25, 0.3) is 0 Å². The summed E-state index contributed by atoms with van der Waals surface area (Å²) in [7, 11) is -2.15. The van der Waals surface area contributed by atoms with Gasteiger partial charge in [0.1, 0.15) is 18.0 Å². The van der Waals surface area contributed by atoms with Crippen molar-refractivity contribution in [1.29, 1.82) is 0 Å². The summed E-state index contributed by atoms with van der Waals surface area (Å²) in [4.78, 5) is 12.4. The number of benzene rings is 2. The summed E-state index contributed by atoms with van der Waals surface area (Å²) in [6.45, 7) is 3.47. The van der Waals surface area contributed by atoms with Gasteiger partial charge in [0.2, 0.25) is 10.0 Å². The Bertz CT molecular complexity index is 972. The highest BCUT2D eigenvalue weighted by Crippen LogP contribution is 2.29. The maximum Gasteiger partial charge on any atom is 0.260 e. The summed E-state index contributed by atoms with van der Waals surface area (Å²) in [5.41, 5.74) is 4.07. The van der Waals surface area contributed by atoms with E-state index < -0.39 is 22.5 Å². The number of carbonyl (C=O) groups is 1. The maximum atomic E-state index is 12.4. The average molecular weight is 420 g/mol. The fraction of sp³-hybridized carbons (Fsp3) is 0.300. The van der Waals surface area contributed by atoms with Crippen molar-refractivity contribution in [2.45, 2.75) is 13.8 Å². The van der Waals surface area contributed by atoms with Crippen LogP contribution in [0.15, 0.2) is 53.6 Å². The second-order valence-corrected chi connectivity index (χ2v) is 8.04. The molecule has 0 aliphatic heterocycles. The number of hydrogen-bond acceptors (Lipinski definition) is 6. The minimum absolute atomic E-state index is 0.294. The molecule has 2 aromatic carbocycles. The summed E-state index contributed by atoms with van der Waals surface area (Å²) >= 11 is 0. The number of methoxy groups -OCH3 is 1. The van der Waals surface area contributed by atoms with E-state index in [2.05, 4.69) is 10.5 Å². The van der Waals surface area contributed by atoms with E-state index in [4.69, 9.17) is 9.47 Å². The Hall–Kier alpha value is -3.07. The third kappa shape index (κ3) is 6.21. The summed E-state index contributed by atoms with van der Waals surface area (Å²) in [6.07, 6.45) is 1.04. The number of carbonyl (C=O) groups excluding carboxylic acids is 1. The molecule has 29 heavy (non-hydrogen) atoms. The molecule has 0 atom stereocenters. The van der Waals surface area contributed by atoms with E-state index in [1.54, 1.807) is 57.4 Å². The van der Waals surface area contributed by atoms with Gasteiger partial charge in [-0.25, -0.2) is 13.8 Å². The lowest BCUT2D eigenvalue weighted by Gasteiger charge is -2.23. The van der Waals surface area contributed by atoms with Crippen molar-refractivity contribution in [3.8, 4) is 11.5 Å². The molecule has 0 saturated heterocycles. The summed E-state index contributed by atoms with van der Waals surface area (Å²) in [5, 5.41) is 4.06. The number of amides is 1. The number of anilines is 1. The molecule has 8 nitrogen and oxygen atoms in total. The van der Waals surface area contributed by atoms with Gasteiger partial charge in [-0.2, -0.15) is 5.10 Å². The van der Waals surface area contributed by atoms with Gasteiger partial charge in [0.05, 0.1) is 31.4 Å². The van der Waals surface area contributed by atoms with Crippen molar-refractivity contribution in [3.05, 3.63) is 54.1 Å². The summed E-state index contributed by atoms with van der Waals surface area (Å²) in [5.74, 6) is 0.517. The molecule has 0 heterocycles. The number of nitrogens with one attached hydrogen (secondary N) is 1. The molecule has 9 heteroatoms. The molecule has 0 aliphatic carbocycles. The van der Waals surface area contributed by atoms with Crippen molar-refractivity contribution in [3.63, 3.8) is 0 Å². The van der Waals surface area contributed by atoms with Crippen LogP contribution < -0.4 is 19.2 Å². The predicted molar refractivity (Wildman–Crippen MR) is 113 cm³/mol. The Morgan fingerprint density at radius 2 is 1.79 bits per heavy atom. The fourth-order valence-electron chi connectivity index (χ4n) is 2.53. The third-order valence-corrected chi connectivity index (χ3v) is 5.10. The molecule has 0 fully saturated rings. The molecule has 2 aromatic rings. The van der Waals surface area contributed by atoms with E-state index >= 15 is 0 Å². The fourth-order valence-corrected chi connectivity index (χ4v) is 3.39. The molecule has 0 unspecified atom stereocenters. The first-order chi connectivity index (χ1) is 13.8. The number of sulfonamides is 1. The highest BCUT2D eigenvalue weighted by atomic mass is 32.2. The standard InChI is InChI=1S/C20H25N3O5S/c1-5-28-19-9-7-6-8-18(19)23(29(4,25)26)14-20(24)22-21-15(2)16-10-12-17(27-3)13-11-16/h6-13H,5,14H2,1-4H3,(H,22,24)/b21-15-. The highest BCUT2D eigenvalue weighted by Gasteiger charge is 2.23. The van der Waals surface area contributed by atoms with Gasteiger partial charge in [-0.15, -0.1) is 0 Å². The predicted octanol–water partition coefficient (Wildman–Crippen LogP) is 2.40. The summed E-state index contributed by atoms with van der Waals surface area (Å²) in [6, 6.07) is 13.8. The normalized spacial score (nSPS) is 11.7. The van der Waals surface area contributed by atoms with Crippen molar-refractivity contribution in [1.82, 2.24) is 5.43 Å². The second-order valence-electron chi connectivity index (χ2n) is 6.13. The number of hydrazone groups is 1. The first-order valence-electron chi connectivity index (χ1n) is 8.93. The zero-order valence-electron chi connectivity index (χ0n) is 16.9. The van der Waals surface area contributed by atoms with Gasteiger partial charge in [-0.05, 0) is 55.8 Å². The van der Waals surface area contributed by atoms with Crippen LogP contribution in [0, 0.1) is 0 Å². The maximum absolute atomic E-state index is 12.4. The zero-order chi connectivity index (χ0) is 21.4. The Morgan fingerprint density at radius 1 is 1.14 bits per heavy atom. The van der Waals surface area contributed by atoms with Crippen molar-refractivity contribution in [2.24, 2.45) is 5.10 Å². The van der Waals surface area contributed by atoms with Crippen molar-refractivity contribution >= 4 is 27.3 Å². The zero-order valence-corrected chi connectivity index (χ0v) is 17.7. The lowest BCUT2D eigenvalue weighted by molar-refractivity contribution is -0.119. The first kappa shape index (κ1) is 22.2. The van der Waals surface area contributed by atoms with E-state index in [-0.39, 0.29) is 0 Å². The van der Waals surface area contributed by atoms with Gasteiger partial charge in [0.25, 0.3) is 5.91 Å². The summed E-state index contributed by atoms with van der Waals surface area (Å²) < 4.78 is 36.2. The SMILES string of the molecule is CCOc1ccccc1N(CC(=O)N/N=C(/C)c1ccc(OC)cc1)S(C)(=O)=O. The van der Waals surface area contributed by atoms with Crippen LogP contribution in [-0.2, 0) is 14.8 Å². The quantitative estimate of drug-likeness (QED) is 0.497. The first-order valence-corrected chi connectivity index (χ1v) is 10.8. The molecule has 0 saturated carbocycles. The Balaban J connectivity index is 2.16. The minimum atomic E-state index is -3.72. The molecule has 0 aliphatic rings. The van der Waals surface area contributed by atoms with Crippen LogP contribution >= 0.6 is 0 Å². The second kappa shape index (κ2) is 9.92. The number of rotatable bonds is 9. The molecule has 1 N–H and O–H groups in total. The van der Waals surface area contributed by atoms with E-state index in [0.29, 0.717) is 29.5 Å². The van der Waals surface area contributed by atoms with Crippen LogP contribution in [-0.4, -0.2) is 46.6 Å². The third-order valence-electron chi connectivity index (χ3n) is 3.98. The lowest BCUT2D eigenvalue weighted by Crippen LogP contribution is -2.39. The Morgan fingerprint density at radius 3 is 2.38 bits per heavy atom. The van der Waals surface area contributed by atoms with Gasteiger partial charge in [-0.1, -0.05) is 12.1 Å². The van der Waals surface area contributed by atoms with E-state index in [0.717, 1.165) is 16.1 Å². The number of hydrogen-bond donors (Lipinski definition) is 1. The van der Waals surface area contributed by atoms with Gasteiger partial charge in [0, 0.05) is 0 Å². The molecule has 0 bridgehead atoms. The molecule has 0 spiro atoms. The molecule has 0 aromatic heterocycles. The smallest absolute Gasteiger partial charge is 0.260 e. The molecule has 156 valence electrons. The van der Waals surface area contributed by atoms with Gasteiger partial charge in [0.15, 0.2) is 0 Å². The molecule has 0 radical (unpaired) electrons. The Labute approximate surface area is 171 Å². The van der Waals surface area contributed by atoms with Crippen LogP contribution in [0.5, 0.6) is 11.5 Å². The molecule has 2 rings (SSSR count). The van der Waals surface area contributed by atoms with Crippen LogP contribution in [0.1, 0.15) is 19.4 Å². The number of ether oxygens (including phenoxy) is 2. The Kier molecular flexibility index (Phi) is 7.60. The average Bonchev–Trinajstić information content (AvgIpc) is 2.70. The van der Waals surface area contributed by atoms with Gasteiger partial charge < -0.3 is 9.47 Å². The van der Waals surface area contributed by atoms with E-state index in [1.165, 1.54) is 0 Å². The van der Waals surface area contributed by atoms with Crippen LogP contribution in [0.4, 0.5) is 5.69 Å².